The van der Waals surface area contributed by atoms with Gasteiger partial charge in [-0.3, -0.25) is 14.3 Å². The number of ether oxygens (including phenoxy) is 1. The number of aliphatic carboxylic acids is 1. The van der Waals surface area contributed by atoms with E-state index in [-0.39, 0.29) is 24.8 Å². The van der Waals surface area contributed by atoms with Crippen molar-refractivity contribution in [3.63, 3.8) is 0 Å². The number of rotatable bonds is 10. The van der Waals surface area contributed by atoms with Crippen molar-refractivity contribution in [2.24, 2.45) is 7.05 Å². The lowest BCUT2D eigenvalue weighted by molar-refractivity contribution is -0.133. The molecule has 10 heteroatoms. The number of carboxylic acid groups (broad SMARTS) is 1. The Morgan fingerprint density at radius 1 is 1.09 bits per heavy atom. The molecule has 182 valence electrons. The second-order valence-corrected chi connectivity index (χ2v) is 9.13. The molecule has 1 aliphatic carbocycles. The average Bonchev–Trinajstić information content (AvgIpc) is 3.41. The summed E-state index contributed by atoms with van der Waals surface area (Å²) in [5.74, 6) is -1.05. The normalized spacial score (nSPS) is 12.9. The quantitative estimate of drug-likeness (QED) is 0.370. The van der Waals surface area contributed by atoms with Gasteiger partial charge >= 0.3 is 12.1 Å². The van der Waals surface area contributed by atoms with E-state index in [9.17, 15) is 14.4 Å². The van der Waals surface area contributed by atoms with Gasteiger partial charge in [0.15, 0.2) is 6.04 Å². The Labute approximate surface area is 206 Å². The topological polar surface area (TPSA) is 123 Å². The fourth-order valence-corrected chi connectivity index (χ4v) is 4.77. The zero-order valence-corrected chi connectivity index (χ0v) is 20.0. The number of amides is 2. The molecule has 2 amide bonds. The van der Waals surface area contributed by atoms with E-state index in [0.717, 1.165) is 22.3 Å². The van der Waals surface area contributed by atoms with Gasteiger partial charge in [0.1, 0.15) is 6.61 Å². The van der Waals surface area contributed by atoms with Crippen LogP contribution in [0.3, 0.4) is 0 Å². The van der Waals surface area contributed by atoms with Gasteiger partial charge in [-0.05, 0) is 28.3 Å². The van der Waals surface area contributed by atoms with Gasteiger partial charge in [0.2, 0.25) is 5.91 Å². The van der Waals surface area contributed by atoms with Crippen molar-refractivity contribution >= 4 is 29.7 Å². The number of alkyl carbamates (subject to hydrolysis) is 1. The maximum Gasteiger partial charge on any atom is 0.408 e. The lowest BCUT2D eigenvalue weighted by Crippen LogP contribution is -2.42. The number of carbonyl (C=O) groups excluding carboxylic acids is 2. The third-order valence-corrected chi connectivity index (χ3v) is 6.74. The summed E-state index contributed by atoms with van der Waals surface area (Å²) < 4.78 is 7.11. The molecule has 0 spiro atoms. The van der Waals surface area contributed by atoms with Crippen LogP contribution in [-0.2, 0) is 21.4 Å². The van der Waals surface area contributed by atoms with Gasteiger partial charge in [-0.25, -0.2) is 4.79 Å². The predicted octanol–water partition coefficient (Wildman–Crippen LogP) is 2.93. The first kappa shape index (κ1) is 24.3. The van der Waals surface area contributed by atoms with Crippen LogP contribution in [0.25, 0.3) is 11.1 Å². The van der Waals surface area contributed by atoms with Gasteiger partial charge in [-0.1, -0.05) is 48.5 Å². The smallest absolute Gasteiger partial charge is 0.408 e. The van der Waals surface area contributed by atoms with Crippen molar-refractivity contribution in [3.05, 3.63) is 77.6 Å². The minimum absolute atomic E-state index is 0.0426. The number of aromatic nitrogens is 2. The fraction of sp³-hybridized carbons (Fsp3) is 0.280. The van der Waals surface area contributed by atoms with Crippen LogP contribution < -0.4 is 10.6 Å². The van der Waals surface area contributed by atoms with E-state index >= 15 is 0 Å². The SMILES string of the molecule is Cn1nccc1C(NC(=O)OCC1c2ccccc2-c2ccccc21)C(=O)NCCSCC(=O)O. The van der Waals surface area contributed by atoms with Crippen LogP contribution in [0.4, 0.5) is 4.79 Å². The minimum atomic E-state index is -1.01. The number of benzene rings is 2. The molecule has 1 unspecified atom stereocenters. The van der Waals surface area contributed by atoms with Crippen LogP contribution in [0.2, 0.25) is 0 Å². The van der Waals surface area contributed by atoms with E-state index in [4.69, 9.17) is 9.84 Å². The lowest BCUT2D eigenvalue weighted by atomic mass is 9.98. The van der Waals surface area contributed by atoms with E-state index in [1.807, 2.05) is 36.4 Å². The number of thioether (sulfide) groups is 1. The van der Waals surface area contributed by atoms with Gasteiger partial charge in [0.05, 0.1) is 11.4 Å². The maximum atomic E-state index is 12.9. The van der Waals surface area contributed by atoms with Crippen LogP contribution in [0, 0.1) is 0 Å². The number of nitrogens with one attached hydrogen (secondary N) is 2. The molecule has 35 heavy (non-hydrogen) atoms. The molecular formula is C25H26N4O5S. The second kappa shape index (κ2) is 11.1. The second-order valence-electron chi connectivity index (χ2n) is 8.02. The Bertz CT molecular complexity index is 1180. The number of hydrogen-bond donors (Lipinski definition) is 3. The Morgan fingerprint density at radius 2 is 1.74 bits per heavy atom. The van der Waals surface area contributed by atoms with Crippen LogP contribution >= 0.6 is 11.8 Å². The summed E-state index contributed by atoms with van der Waals surface area (Å²) in [4.78, 5) is 36.3. The first-order chi connectivity index (χ1) is 17.0. The highest BCUT2D eigenvalue weighted by Gasteiger charge is 2.30. The molecule has 0 saturated heterocycles. The lowest BCUT2D eigenvalue weighted by Gasteiger charge is -2.20. The Hall–Kier alpha value is -3.79. The number of aryl methyl sites for hydroxylation is 1. The number of hydrogen-bond acceptors (Lipinski definition) is 6. The zero-order chi connectivity index (χ0) is 24.8. The molecule has 0 bridgehead atoms. The predicted molar refractivity (Wildman–Crippen MR) is 132 cm³/mol. The molecule has 1 aromatic heterocycles. The van der Waals surface area contributed by atoms with Crippen molar-refractivity contribution < 1.29 is 24.2 Å². The van der Waals surface area contributed by atoms with Gasteiger partial charge in [0, 0.05) is 31.5 Å². The van der Waals surface area contributed by atoms with Crippen LogP contribution in [0.5, 0.6) is 0 Å². The monoisotopic (exact) mass is 494 g/mol. The third kappa shape index (κ3) is 5.65. The van der Waals surface area contributed by atoms with Crippen molar-refractivity contribution in [1.82, 2.24) is 20.4 Å². The number of nitrogens with zero attached hydrogens (tertiary/aromatic N) is 2. The summed E-state index contributed by atoms with van der Waals surface area (Å²) in [6, 6.07) is 16.7. The average molecular weight is 495 g/mol. The summed E-state index contributed by atoms with van der Waals surface area (Å²) in [5.41, 5.74) is 4.95. The summed E-state index contributed by atoms with van der Waals surface area (Å²) in [5, 5.41) is 18.2. The van der Waals surface area contributed by atoms with Gasteiger partial charge in [0.25, 0.3) is 0 Å². The summed E-state index contributed by atoms with van der Waals surface area (Å²) in [6.07, 6.45) is 0.825. The molecule has 3 N–H and O–H groups in total. The molecule has 2 aromatic carbocycles. The molecule has 1 atom stereocenters. The number of carboxylic acids is 1. The molecule has 4 rings (SSSR count). The molecular weight excluding hydrogens is 468 g/mol. The van der Waals surface area contributed by atoms with E-state index in [2.05, 4.69) is 27.9 Å². The largest absolute Gasteiger partial charge is 0.481 e. The van der Waals surface area contributed by atoms with E-state index in [1.165, 1.54) is 22.6 Å². The molecule has 0 saturated carbocycles. The van der Waals surface area contributed by atoms with E-state index in [1.54, 1.807) is 13.1 Å². The molecule has 1 aliphatic rings. The Kier molecular flexibility index (Phi) is 7.71. The fourth-order valence-electron chi connectivity index (χ4n) is 4.21. The third-order valence-electron chi connectivity index (χ3n) is 5.79. The maximum absolute atomic E-state index is 12.9. The number of fused-ring (bicyclic) bond motifs is 3. The van der Waals surface area contributed by atoms with Crippen molar-refractivity contribution in [1.29, 1.82) is 0 Å². The van der Waals surface area contributed by atoms with Gasteiger partial charge < -0.3 is 20.5 Å². The van der Waals surface area contributed by atoms with Crippen molar-refractivity contribution in [2.75, 3.05) is 24.7 Å². The van der Waals surface area contributed by atoms with E-state index in [0.29, 0.717) is 11.4 Å². The zero-order valence-electron chi connectivity index (χ0n) is 19.1. The standard InChI is InChI=1S/C25H26N4O5S/c1-29-21(10-11-27-29)23(24(32)26-12-13-35-15-22(30)31)28-25(33)34-14-20-18-8-4-2-6-16(18)17-7-3-5-9-19(17)20/h2-11,20,23H,12-15H2,1H3,(H,26,32)(H,28,33)(H,30,31). The molecule has 0 radical (unpaired) electrons. The van der Waals surface area contributed by atoms with Crippen LogP contribution in [0.1, 0.15) is 28.8 Å². The van der Waals surface area contributed by atoms with Crippen molar-refractivity contribution in [2.45, 2.75) is 12.0 Å². The first-order valence-electron chi connectivity index (χ1n) is 11.1. The molecule has 1 heterocycles. The minimum Gasteiger partial charge on any atom is -0.481 e. The summed E-state index contributed by atoms with van der Waals surface area (Å²) in [7, 11) is 1.68. The highest BCUT2D eigenvalue weighted by molar-refractivity contribution is 7.99. The molecule has 3 aromatic rings. The highest BCUT2D eigenvalue weighted by atomic mass is 32.2. The molecule has 9 nitrogen and oxygen atoms in total. The molecule has 0 aliphatic heterocycles. The van der Waals surface area contributed by atoms with Crippen LogP contribution in [0.15, 0.2) is 60.8 Å². The summed E-state index contributed by atoms with van der Waals surface area (Å²) in [6.45, 7) is 0.392. The summed E-state index contributed by atoms with van der Waals surface area (Å²) >= 11 is 1.20. The van der Waals surface area contributed by atoms with Gasteiger partial charge in [-0.2, -0.15) is 5.10 Å². The first-order valence-corrected chi connectivity index (χ1v) is 12.3. The van der Waals surface area contributed by atoms with Crippen molar-refractivity contribution in [3.8, 4) is 11.1 Å². The molecule has 0 fully saturated rings. The van der Waals surface area contributed by atoms with Crippen LogP contribution in [-0.4, -0.2) is 57.5 Å². The number of carbonyl (C=O) groups is 3. The van der Waals surface area contributed by atoms with E-state index < -0.39 is 24.0 Å². The van der Waals surface area contributed by atoms with Gasteiger partial charge in [-0.15, -0.1) is 11.8 Å². The highest BCUT2D eigenvalue weighted by Crippen LogP contribution is 2.44. The Morgan fingerprint density at radius 3 is 2.34 bits per heavy atom. The Balaban J connectivity index is 1.40.